The number of benzene rings is 1. The lowest BCUT2D eigenvalue weighted by Gasteiger charge is -1.97. The molecule has 0 saturated carbocycles. The van der Waals surface area contributed by atoms with Crippen LogP contribution in [0.4, 0.5) is 0 Å². The van der Waals surface area contributed by atoms with E-state index in [2.05, 4.69) is 20.2 Å². The van der Waals surface area contributed by atoms with Crippen LogP contribution in [0.2, 0.25) is 5.02 Å². The number of H-pyrrole nitrogens is 2. The van der Waals surface area contributed by atoms with E-state index in [1.165, 1.54) is 0 Å². The standard InChI is InChI=1S/C12H9ClN4S2/c13-8-3-1-2-7(4-8)5-10-14-6-9(19-10)11-15-12(18)17-16-11/h1-4,6H,5H2,(H2,15,16,17,18). The molecular weight excluding hydrogens is 300 g/mol. The van der Waals surface area contributed by atoms with Gasteiger partial charge in [-0.1, -0.05) is 23.7 Å². The van der Waals surface area contributed by atoms with Crippen molar-refractivity contribution >= 4 is 35.2 Å². The molecule has 0 spiro atoms. The van der Waals surface area contributed by atoms with Crippen molar-refractivity contribution in [3.63, 3.8) is 0 Å². The van der Waals surface area contributed by atoms with E-state index in [1.807, 2.05) is 24.3 Å². The SMILES string of the molecule is S=c1nc(-c2cnc(Cc3cccc(Cl)c3)s2)[nH][nH]1. The molecule has 3 rings (SSSR count). The molecule has 7 heteroatoms. The average Bonchev–Trinajstić information content (AvgIpc) is 2.98. The Morgan fingerprint density at radius 2 is 2.21 bits per heavy atom. The third kappa shape index (κ3) is 2.91. The highest BCUT2D eigenvalue weighted by Crippen LogP contribution is 2.24. The Hall–Kier alpha value is -1.50. The Morgan fingerprint density at radius 3 is 2.95 bits per heavy atom. The molecule has 0 fully saturated rings. The lowest BCUT2D eigenvalue weighted by atomic mass is 10.2. The first-order chi connectivity index (χ1) is 9.20. The van der Waals surface area contributed by atoms with E-state index < -0.39 is 0 Å². The minimum Gasteiger partial charge on any atom is -0.281 e. The van der Waals surface area contributed by atoms with Crippen LogP contribution in [0.1, 0.15) is 10.6 Å². The van der Waals surface area contributed by atoms with Crippen LogP contribution in [0.15, 0.2) is 30.5 Å². The first kappa shape index (κ1) is 12.5. The number of halogens is 1. The van der Waals surface area contributed by atoms with Crippen molar-refractivity contribution in [3.05, 3.63) is 50.8 Å². The fourth-order valence-electron chi connectivity index (χ4n) is 1.71. The Bertz CT molecular complexity index is 759. The van der Waals surface area contributed by atoms with Gasteiger partial charge in [0.25, 0.3) is 0 Å². The van der Waals surface area contributed by atoms with Gasteiger partial charge in [-0.15, -0.1) is 11.3 Å². The first-order valence-corrected chi connectivity index (χ1v) is 7.15. The second kappa shape index (κ2) is 5.24. The van der Waals surface area contributed by atoms with Crippen LogP contribution >= 0.6 is 35.2 Å². The summed E-state index contributed by atoms with van der Waals surface area (Å²) in [6.45, 7) is 0. The lowest BCUT2D eigenvalue weighted by Crippen LogP contribution is -1.85. The maximum atomic E-state index is 5.97. The molecule has 0 aliphatic rings. The van der Waals surface area contributed by atoms with Gasteiger partial charge >= 0.3 is 0 Å². The Labute approximate surface area is 123 Å². The second-order valence-corrected chi connectivity index (χ2v) is 5.88. The van der Waals surface area contributed by atoms with E-state index in [4.69, 9.17) is 23.8 Å². The molecule has 19 heavy (non-hydrogen) atoms. The molecule has 0 atom stereocenters. The van der Waals surface area contributed by atoms with Crippen molar-refractivity contribution < 1.29 is 0 Å². The van der Waals surface area contributed by atoms with Crippen LogP contribution in [0.3, 0.4) is 0 Å². The Balaban J connectivity index is 1.84. The van der Waals surface area contributed by atoms with Crippen LogP contribution in [0.25, 0.3) is 10.7 Å². The normalized spacial score (nSPS) is 10.8. The number of thiazole rings is 1. The van der Waals surface area contributed by atoms with Crippen LogP contribution in [0, 0.1) is 4.77 Å². The van der Waals surface area contributed by atoms with Gasteiger partial charge in [0, 0.05) is 17.6 Å². The third-order valence-electron chi connectivity index (χ3n) is 2.53. The zero-order chi connectivity index (χ0) is 13.2. The van der Waals surface area contributed by atoms with Crippen LogP contribution < -0.4 is 0 Å². The smallest absolute Gasteiger partial charge is 0.213 e. The zero-order valence-corrected chi connectivity index (χ0v) is 12.1. The molecule has 4 nitrogen and oxygen atoms in total. The Morgan fingerprint density at radius 1 is 1.32 bits per heavy atom. The van der Waals surface area contributed by atoms with Crippen molar-refractivity contribution in [3.8, 4) is 10.7 Å². The number of rotatable bonds is 3. The summed E-state index contributed by atoms with van der Waals surface area (Å²) >= 11 is 12.5. The molecule has 3 aromatic rings. The molecule has 2 N–H and O–H groups in total. The van der Waals surface area contributed by atoms with Gasteiger partial charge < -0.3 is 0 Å². The molecule has 1 aromatic carbocycles. The molecule has 96 valence electrons. The Kier molecular flexibility index (Phi) is 3.46. The molecule has 2 aromatic heterocycles. The summed E-state index contributed by atoms with van der Waals surface area (Å²) in [6, 6.07) is 7.79. The molecular formula is C12H9ClN4S2. The summed E-state index contributed by atoms with van der Waals surface area (Å²) in [4.78, 5) is 9.53. The van der Waals surface area contributed by atoms with Gasteiger partial charge in [0.1, 0.15) is 0 Å². The number of aromatic amines is 2. The predicted molar refractivity (Wildman–Crippen MR) is 79.1 cm³/mol. The molecule has 0 bridgehead atoms. The topological polar surface area (TPSA) is 57.4 Å². The van der Waals surface area contributed by atoms with E-state index in [1.54, 1.807) is 17.5 Å². The highest BCUT2D eigenvalue weighted by molar-refractivity contribution is 7.71. The number of nitrogens with zero attached hydrogens (tertiary/aromatic N) is 2. The monoisotopic (exact) mass is 308 g/mol. The van der Waals surface area contributed by atoms with E-state index in [9.17, 15) is 0 Å². The maximum absolute atomic E-state index is 5.97. The van der Waals surface area contributed by atoms with Gasteiger partial charge in [0.15, 0.2) is 5.82 Å². The lowest BCUT2D eigenvalue weighted by molar-refractivity contribution is 1.08. The van der Waals surface area contributed by atoms with E-state index in [0.717, 1.165) is 32.7 Å². The third-order valence-corrected chi connectivity index (χ3v) is 3.97. The van der Waals surface area contributed by atoms with Gasteiger partial charge in [-0.25, -0.2) is 4.98 Å². The summed E-state index contributed by atoms with van der Waals surface area (Å²) in [6.07, 6.45) is 2.56. The average molecular weight is 309 g/mol. The number of hydrogen-bond acceptors (Lipinski definition) is 4. The van der Waals surface area contributed by atoms with Gasteiger partial charge in [-0.2, -0.15) is 4.98 Å². The van der Waals surface area contributed by atoms with Crippen LogP contribution in [0.5, 0.6) is 0 Å². The first-order valence-electron chi connectivity index (χ1n) is 5.55. The fourth-order valence-corrected chi connectivity index (χ4v) is 2.96. The minimum absolute atomic E-state index is 0.444. The van der Waals surface area contributed by atoms with Gasteiger partial charge in [0.05, 0.1) is 9.88 Å². The van der Waals surface area contributed by atoms with Gasteiger partial charge in [-0.05, 0) is 29.9 Å². The summed E-state index contributed by atoms with van der Waals surface area (Å²) in [5.41, 5.74) is 1.14. The zero-order valence-electron chi connectivity index (χ0n) is 9.68. The van der Waals surface area contributed by atoms with Crippen LogP contribution in [-0.2, 0) is 6.42 Å². The largest absolute Gasteiger partial charge is 0.281 e. The van der Waals surface area contributed by atoms with E-state index in [0.29, 0.717) is 4.77 Å². The van der Waals surface area contributed by atoms with Gasteiger partial charge in [0.2, 0.25) is 4.77 Å². The van der Waals surface area contributed by atoms with Crippen molar-refractivity contribution in [1.82, 2.24) is 20.2 Å². The van der Waals surface area contributed by atoms with E-state index >= 15 is 0 Å². The fraction of sp³-hybridized carbons (Fsp3) is 0.0833. The van der Waals surface area contributed by atoms with Crippen molar-refractivity contribution in [2.75, 3.05) is 0 Å². The van der Waals surface area contributed by atoms with Crippen LogP contribution in [-0.4, -0.2) is 20.2 Å². The van der Waals surface area contributed by atoms with Crippen molar-refractivity contribution in [1.29, 1.82) is 0 Å². The molecule has 0 saturated heterocycles. The minimum atomic E-state index is 0.444. The predicted octanol–water partition coefficient (Wildman–Crippen LogP) is 3.83. The summed E-state index contributed by atoms with van der Waals surface area (Å²) in [5.74, 6) is 0.722. The quantitative estimate of drug-likeness (QED) is 0.723. The second-order valence-electron chi connectivity index (χ2n) is 3.94. The summed E-state index contributed by atoms with van der Waals surface area (Å²) in [7, 11) is 0. The molecule has 0 aliphatic carbocycles. The maximum Gasteiger partial charge on any atom is 0.213 e. The molecule has 0 unspecified atom stereocenters. The van der Waals surface area contributed by atoms with Gasteiger partial charge in [-0.3, -0.25) is 10.2 Å². The number of aromatic nitrogens is 4. The highest BCUT2D eigenvalue weighted by atomic mass is 35.5. The highest BCUT2D eigenvalue weighted by Gasteiger charge is 2.08. The number of hydrogen-bond donors (Lipinski definition) is 2. The van der Waals surface area contributed by atoms with E-state index in [-0.39, 0.29) is 0 Å². The van der Waals surface area contributed by atoms with Crippen molar-refractivity contribution in [2.45, 2.75) is 6.42 Å². The number of nitrogens with one attached hydrogen (secondary N) is 2. The molecule has 0 radical (unpaired) electrons. The molecule has 2 heterocycles. The van der Waals surface area contributed by atoms with Crippen molar-refractivity contribution in [2.24, 2.45) is 0 Å². The summed E-state index contributed by atoms with van der Waals surface area (Å²) in [5, 5.41) is 7.45. The molecule has 0 aliphatic heterocycles. The summed E-state index contributed by atoms with van der Waals surface area (Å²) < 4.78 is 0.444. The molecule has 0 amide bonds.